The van der Waals surface area contributed by atoms with Crippen LogP contribution in [0.4, 0.5) is 5.69 Å². The standard InChI is InChI=1S/C20H31N3O4S/c1-16(2)27-19-9-8-17(28(25,26)23-12-4-3-5-13-23)14-18(19)21-20(24)15-22-10-6-7-11-22/h8-9,14,16H,3-7,10-13,15H2,1-2H3,(H,21,24)/p+1. The summed E-state index contributed by atoms with van der Waals surface area (Å²) < 4.78 is 33.3. The lowest BCUT2D eigenvalue weighted by atomic mass is 10.2. The number of nitrogens with zero attached hydrogens (tertiary/aromatic N) is 1. The molecule has 3 rings (SSSR count). The Hall–Kier alpha value is -1.64. The SMILES string of the molecule is CC(C)Oc1ccc(S(=O)(=O)N2CCCCC2)cc1NC(=O)C[NH+]1CCCC1. The molecule has 0 unspecified atom stereocenters. The molecule has 2 N–H and O–H groups in total. The van der Waals surface area contributed by atoms with Gasteiger partial charge in [-0.1, -0.05) is 6.42 Å². The van der Waals surface area contributed by atoms with Crippen LogP contribution < -0.4 is 15.0 Å². The van der Waals surface area contributed by atoms with Crippen molar-refractivity contribution in [2.75, 3.05) is 38.0 Å². The van der Waals surface area contributed by atoms with Crippen LogP contribution in [0.1, 0.15) is 46.0 Å². The Kier molecular flexibility index (Phi) is 6.95. The summed E-state index contributed by atoms with van der Waals surface area (Å²) in [4.78, 5) is 14.0. The normalized spacial score (nSPS) is 19.1. The second kappa shape index (κ2) is 9.24. The first-order valence-electron chi connectivity index (χ1n) is 10.3. The van der Waals surface area contributed by atoms with E-state index in [0.717, 1.165) is 45.2 Å². The van der Waals surface area contributed by atoms with Gasteiger partial charge in [0.2, 0.25) is 10.0 Å². The molecule has 156 valence electrons. The lowest BCUT2D eigenvalue weighted by Gasteiger charge is -2.26. The first kappa shape index (κ1) is 21.1. The van der Waals surface area contributed by atoms with Gasteiger partial charge in [0, 0.05) is 25.9 Å². The largest absolute Gasteiger partial charge is 0.489 e. The van der Waals surface area contributed by atoms with Crippen molar-refractivity contribution in [2.45, 2.75) is 57.0 Å². The summed E-state index contributed by atoms with van der Waals surface area (Å²) in [5.74, 6) is 0.385. The maximum Gasteiger partial charge on any atom is 0.279 e. The molecule has 2 aliphatic rings. The lowest BCUT2D eigenvalue weighted by molar-refractivity contribution is -0.878. The van der Waals surface area contributed by atoms with Crippen molar-refractivity contribution in [3.8, 4) is 5.75 Å². The summed E-state index contributed by atoms with van der Waals surface area (Å²) in [6.45, 7) is 7.30. The van der Waals surface area contributed by atoms with Crippen LogP contribution in [0.5, 0.6) is 5.75 Å². The van der Waals surface area contributed by atoms with E-state index in [4.69, 9.17) is 4.74 Å². The van der Waals surface area contributed by atoms with Crippen LogP contribution in [0.3, 0.4) is 0 Å². The predicted octanol–water partition coefficient (Wildman–Crippen LogP) is 1.27. The number of quaternary nitrogens is 1. The number of amides is 1. The van der Waals surface area contributed by atoms with Gasteiger partial charge in [0.25, 0.3) is 5.91 Å². The smallest absolute Gasteiger partial charge is 0.279 e. The maximum absolute atomic E-state index is 13.0. The van der Waals surface area contributed by atoms with E-state index in [1.165, 1.54) is 9.21 Å². The fourth-order valence-electron chi connectivity index (χ4n) is 3.85. The third kappa shape index (κ3) is 5.24. The van der Waals surface area contributed by atoms with Gasteiger partial charge >= 0.3 is 0 Å². The van der Waals surface area contributed by atoms with E-state index in [1.807, 2.05) is 13.8 Å². The number of nitrogens with one attached hydrogen (secondary N) is 2. The van der Waals surface area contributed by atoms with E-state index in [0.29, 0.717) is 31.1 Å². The van der Waals surface area contributed by atoms with Gasteiger partial charge in [0.15, 0.2) is 6.54 Å². The van der Waals surface area contributed by atoms with Gasteiger partial charge < -0.3 is 15.0 Å². The van der Waals surface area contributed by atoms with Crippen molar-refractivity contribution in [1.82, 2.24) is 4.31 Å². The third-order valence-electron chi connectivity index (χ3n) is 5.26. The van der Waals surface area contributed by atoms with Crippen molar-refractivity contribution in [2.24, 2.45) is 0 Å². The predicted molar refractivity (Wildman–Crippen MR) is 108 cm³/mol. The van der Waals surface area contributed by atoms with Crippen molar-refractivity contribution >= 4 is 21.6 Å². The van der Waals surface area contributed by atoms with E-state index >= 15 is 0 Å². The van der Waals surface area contributed by atoms with Crippen LogP contribution in [0, 0.1) is 0 Å². The maximum atomic E-state index is 13.0. The molecule has 0 spiro atoms. The molecular formula is C20H32N3O4S+. The number of sulfonamides is 1. The number of hydrogen-bond acceptors (Lipinski definition) is 4. The number of likely N-dealkylation sites (tertiary alicyclic amines) is 1. The van der Waals surface area contributed by atoms with Crippen LogP contribution in [-0.4, -0.2) is 57.5 Å². The Bertz CT molecular complexity index is 783. The number of rotatable bonds is 7. The molecule has 8 heteroatoms. The van der Waals surface area contributed by atoms with Crippen LogP contribution in [-0.2, 0) is 14.8 Å². The molecule has 28 heavy (non-hydrogen) atoms. The fourth-order valence-corrected chi connectivity index (χ4v) is 5.40. The van der Waals surface area contributed by atoms with Gasteiger partial charge in [0.1, 0.15) is 5.75 Å². The molecule has 1 amide bonds. The molecular weight excluding hydrogens is 378 g/mol. The number of hydrogen-bond donors (Lipinski definition) is 2. The molecule has 1 aromatic carbocycles. The summed E-state index contributed by atoms with van der Waals surface area (Å²) in [6.07, 6.45) is 5.05. The molecule has 0 aliphatic carbocycles. The molecule has 2 aliphatic heterocycles. The van der Waals surface area contributed by atoms with Gasteiger partial charge in [-0.2, -0.15) is 4.31 Å². The van der Waals surface area contributed by atoms with Gasteiger partial charge in [-0.15, -0.1) is 0 Å². The van der Waals surface area contributed by atoms with Crippen LogP contribution in [0.15, 0.2) is 23.1 Å². The van der Waals surface area contributed by atoms with Crippen molar-refractivity contribution in [1.29, 1.82) is 0 Å². The van der Waals surface area contributed by atoms with E-state index in [1.54, 1.807) is 18.2 Å². The summed E-state index contributed by atoms with van der Waals surface area (Å²) in [6, 6.07) is 4.76. The molecule has 0 atom stereocenters. The summed E-state index contributed by atoms with van der Waals surface area (Å²) in [5.41, 5.74) is 0.426. The number of piperidine rings is 1. The second-order valence-electron chi connectivity index (χ2n) is 7.97. The van der Waals surface area contributed by atoms with Gasteiger partial charge in [-0.05, 0) is 44.9 Å². The molecule has 2 fully saturated rings. The minimum atomic E-state index is -3.57. The fraction of sp³-hybridized carbons (Fsp3) is 0.650. The Morgan fingerprint density at radius 1 is 1.14 bits per heavy atom. The Balaban J connectivity index is 1.82. The summed E-state index contributed by atoms with van der Waals surface area (Å²) in [5, 5.41) is 2.89. The number of carbonyl (C=O) groups is 1. The zero-order valence-electron chi connectivity index (χ0n) is 16.9. The highest BCUT2D eigenvalue weighted by Crippen LogP contribution is 2.30. The number of benzene rings is 1. The topological polar surface area (TPSA) is 80.2 Å². The van der Waals surface area contributed by atoms with Crippen molar-refractivity contribution in [3.05, 3.63) is 18.2 Å². The van der Waals surface area contributed by atoms with Gasteiger partial charge in [-0.25, -0.2) is 8.42 Å². The molecule has 0 bridgehead atoms. The minimum absolute atomic E-state index is 0.0792. The van der Waals surface area contributed by atoms with Crippen LogP contribution in [0.2, 0.25) is 0 Å². The third-order valence-corrected chi connectivity index (χ3v) is 7.16. The van der Waals surface area contributed by atoms with Gasteiger partial charge in [-0.3, -0.25) is 4.79 Å². The lowest BCUT2D eigenvalue weighted by Crippen LogP contribution is -3.11. The van der Waals surface area contributed by atoms with Crippen molar-refractivity contribution in [3.63, 3.8) is 0 Å². The highest BCUT2D eigenvalue weighted by molar-refractivity contribution is 7.89. The number of anilines is 1. The second-order valence-corrected chi connectivity index (χ2v) is 9.91. The van der Waals surface area contributed by atoms with E-state index in [2.05, 4.69) is 5.32 Å². The molecule has 2 saturated heterocycles. The highest BCUT2D eigenvalue weighted by atomic mass is 32.2. The molecule has 1 aromatic rings. The Morgan fingerprint density at radius 3 is 2.46 bits per heavy atom. The number of carbonyl (C=O) groups excluding carboxylic acids is 1. The average molecular weight is 411 g/mol. The van der Waals surface area contributed by atoms with E-state index < -0.39 is 10.0 Å². The van der Waals surface area contributed by atoms with Gasteiger partial charge in [0.05, 0.1) is 29.8 Å². The first-order valence-corrected chi connectivity index (χ1v) is 11.7. The monoisotopic (exact) mass is 410 g/mol. The zero-order valence-corrected chi connectivity index (χ0v) is 17.7. The first-order chi connectivity index (χ1) is 13.4. The molecule has 7 nitrogen and oxygen atoms in total. The minimum Gasteiger partial charge on any atom is -0.489 e. The van der Waals surface area contributed by atoms with Crippen molar-refractivity contribution < 1.29 is 22.8 Å². The number of ether oxygens (including phenoxy) is 1. The highest BCUT2D eigenvalue weighted by Gasteiger charge is 2.27. The Morgan fingerprint density at radius 2 is 1.82 bits per heavy atom. The molecule has 2 heterocycles. The molecule has 0 aromatic heterocycles. The Labute approximate surface area is 168 Å². The average Bonchev–Trinajstić information content (AvgIpc) is 3.16. The van der Waals surface area contributed by atoms with Crippen LogP contribution in [0.25, 0.3) is 0 Å². The summed E-state index contributed by atoms with van der Waals surface area (Å²) in [7, 11) is -3.57. The van der Waals surface area contributed by atoms with E-state index in [-0.39, 0.29) is 16.9 Å². The molecule has 0 saturated carbocycles. The zero-order chi connectivity index (χ0) is 20.1. The molecule has 0 radical (unpaired) electrons. The van der Waals surface area contributed by atoms with Crippen LogP contribution >= 0.6 is 0 Å². The quantitative estimate of drug-likeness (QED) is 0.709. The van der Waals surface area contributed by atoms with E-state index in [9.17, 15) is 13.2 Å². The summed E-state index contributed by atoms with van der Waals surface area (Å²) >= 11 is 0.